The molecule has 0 bridgehead atoms. The molecular weight excluding hydrogens is 344 g/mol. The van der Waals surface area contributed by atoms with Crippen LogP contribution in [0.25, 0.3) is 0 Å². The maximum atomic E-state index is 12.4. The third kappa shape index (κ3) is 4.12. The van der Waals surface area contributed by atoms with Crippen LogP contribution in [-0.2, 0) is 19.4 Å². The van der Waals surface area contributed by atoms with E-state index in [9.17, 15) is 18.0 Å². The van der Waals surface area contributed by atoms with Gasteiger partial charge in [0.1, 0.15) is 12.3 Å². The quantitative estimate of drug-likeness (QED) is 0.783. The van der Waals surface area contributed by atoms with Crippen molar-refractivity contribution < 1.29 is 22.7 Å². The lowest BCUT2D eigenvalue weighted by atomic mass is 10.0. The number of anilines is 1. The van der Waals surface area contributed by atoms with E-state index in [1.807, 2.05) is 18.2 Å². The van der Waals surface area contributed by atoms with E-state index in [0.29, 0.717) is 25.3 Å². The highest BCUT2D eigenvalue weighted by Crippen LogP contribution is 2.25. The maximum Gasteiger partial charge on any atom is 0.246 e. The van der Waals surface area contributed by atoms with E-state index in [4.69, 9.17) is 4.74 Å². The summed E-state index contributed by atoms with van der Waals surface area (Å²) in [5.74, 6) is 0.507. The summed E-state index contributed by atoms with van der Waals surface area (Å²) >= 11 is 0. The van der Waals surface area contributed by atoms with E-state index in [0.717, 1.165) is 5.69 Å². The molecule has 2 amide bonds. The van der Waals surface area contributed by atoms with Gasteiger partial charge in [-0.2, -0.15) is 0 Å². The van der Waals surface area contributed by atoms with Crippen molar-refractivity contribution in [2.24, 2.45) is 5.92 Å². The van der Waals surface area contributed by atoms with Crippen molar-refractivity contribution in [1.82, 2.24) is 4.90 Å². The highest BCUT2D eigenvalue weighted by molar-refractivity contribution is 7.91. The van der Waals surface area contributed by atoms with Crippen LogP contribution >= 0.6 is 0 Å². The van der Waals surface area contributed by atoms with Crippen LogP contribution in [0.3, 0.4) is 0 Å². The molecule has 2 heterocycles. The number of methoxy groups -OCH3 is 1. The standard InChI is InChI=1S/C17H22N2O5S/c1-24-15-4-2-3-14(10-15)19-7-6-18(11-17(19)21)16(20)9-13-5-8-25(22,23)12-13/h2-4,10,13H,5-9,11-12H2,1H3. The van der Waals surface area contributed by atoms with Crippen molar-refractivity contribution in [3.8, 4) is 5.75 Å². The number of carbonyl (C=O) groups excluding carboxylic acids is 2. The number of hydrogen-bond donors (Lipinski definition) is 0. The average molecular weight is 366 g/mol. The second-order valence-electron chi connectivity index (χ2n) is 6.54. The minimum Gasteiger partial charge on any atom is -0.497 e. The average Bonchev–Trinajstić information content (AvgIpc) is 2.93. The smallest absolute Gasteiger partial charge is 0.246 e. The van der Waals surface area contributed by atoms with Gasteiger partial charge in [-0.1, -0.05) is 6.07 Å². The number of amides is 2. The van der Waals surface area contributed by atoms with Crippen molar-refractivity contribution in [3.05, 3.63) is 24.3 Å². The van der Waals surface area contributed by atoms with Crippen LogP contribution in [0, 0.1) is 5.92 Å². The maximum absolute atomic E-state index is 12.4. The Labute approximate surface area is 147 Å². The Morgan fingerprint density at radius 2 is 2.12 bits per heavy atom. The summed E-state index contributed by atoms with van der Waals surface area (Å²) in [6, 6.07) is 7.25. The molecule has 25 heavy (non-hydrogen) atoms. The van der Waals surface area contributed by atoms with Gasteiger partial charge in [0, 0.05) is 31.3 Å². The summed E-state index contributed by atoms with van der Waals surface area (Å²) in [5, 5.41) is 0. The van der Waals surface area contributed by atoms with Crippen LogP contribution in [0.4, 0.5) is 5.69 Å². The first kappa shape index (κ1) is 17.7. The monoisotopic (exact) mass is 366 g/mol. The topological polar surface area (TPSA) is 84.0 Å². The lowest BCUT2D eigenvalue weighted by molar-refractivity contribution is -0.137. The molecular formula is C17H22N2O5S. The molecule has 2 aliphatic heterocycles. The minimum absolute atomic E-state index is 0.0233. The first-order chi connectivity index (χ1) is 11.9. The Kier molecular flexibility index (Phi) is 4.99. The molecule has 3 rings (SSSR count). The first-order valence-electron chi connectivity index (χ1n) is 8.30. The Bertz CT molecular complexity index is 777. The van der Waals surface area contributed by atoms with Gasteiger partial charge in [-0.05, 0) is 24.5 Å². The van der Waals surface area contributed by atoms with Crippen LogP contribution in [0.5, 0.6) is 5.75 Å². The van der Waals surface area contributed by atoms with Gasteiger partial charge in [-0.15, -0.1) is 0 Å². The lowest BCUT2D eigenvalue weighted by Crippen LogP contribution is -2.52. The second kappa shape index (κ2) is 7.03. The molecule has 7 nitrogen and oxygen atoms in total. The normalized spacial score (nSPS) is 22.9. The molecule has 8 heteroatoms. The third-order valence-electron chi connectivity index (χ3n) is 4.73. The molecule has 0 N–H and O–H groups in total. The number of benzene rings is 1. The Balaban J connectivity index is 1.59. The van der Waals surface area contributed by atoms with Crippen molar-refractivity contribution in [2.45, 2.75) is 12.8 Å². The molecule has 1 atom stereocenters. The number of hydrogen-bond acceptors (Lipinski definition) is 5. The molecule has 136 valence electrons. The molecule has 0 saturated carbocycles. The second-order valence-corrected chi connectivity index (χ2v) is 8.76. The van der Waals surface area contributed by atoms with Crippen LogP contribution in [0.1, 0.15) is 12.8 Å². The van der Waals surface area contributed by atoms with Gasteiger partial charge in [0.25, 0.3) is 0 Å². The van der Waals surface area contributed by atoms with Gasteiger partial charge in [-0.3, -0.25) is 9.59 Å². The fourth-order valence-electron chi connectivity index (χ4n) is 3.35. The SMILES string of the molecule is COc1cccc(N2CCN(C(=O)CC3CCS(=O)(=O)C3)CC2=O)c1. The van der Waals surface area contributed by atoms with Gasteiger partial charge in [0.15, 0.2) is 9.84 Å². The van der Waals surface area contributed by atoms with Crippen LogP contribution < -0.4 is 9.64 Å². The summed E-state index contributed by atoms with van der Waals surface area (Å²) in [7, 11) is -1.42. The van der Waals surface area contributed by atoms with Gasteiger partial charge in [0.05, 0.1) is 18.6 Å². The fraction of sp³-hybridized carbons (Fsp3) is 0.529. The van der Waals surface area contributed by atoms with E-state index in [2.05, 4.69) is 0 Å². The van der Waals surface area contributed by atoms with E-state index in [1.54, 1.807) is 18.1 Å². The van der Waals surface area contributed by atoms with E-state index >= 15 is 0 Å². The largest absolute Gasteiger partial charge is 0.497 e. The molecule has 0 spiro atoms. The van der Waals surface area contributed by atoms with E-state index < -0.39 is 9.84 Å². The highest BCUT2D eigenvalue weighted by atomic mass is 32.2. The molecule has 1 aromatic rings. The highest BCUT2D eigenvalue weighted by Gasteiger charge is 2.33. The van der Waals surface area contributed by atoms with Gasteiger partial charge in [-0.25, -0.2) is 8.42 Å². The van der Waals surface area contributed by atoms with Gasteiger partial charge < -0.3 is 14.5 Å². The van der Waals surface area contributed by atoms with Gasteiger partial charge >= 0.3 is 0 Å². The third-order valence-corrected chi connectivity index (χ3v) is 6.57. The number of piperazine rings is 1. The lowest BCUT2D eigenvalue weighted by Gasteiger charge is -2.34. The van der Waals surface area contributed by atoms with E-state index in [-0.39, 0.29) is 42.2 Å². The zero-order valence-electron chi connectivity index (χ0n) is 14.2. The molecule has 0 aromatic heterocycles. The van der Waals surface area contributed by atoms with Crippen LogP contribution in [0.2, 0.25) is 0 Å². The molecule has 2 aliphatic rings. The molecule has 1 unspecified atom stereocenters. The fourth-order valence-corrected chi connectivity index (χ4v) is 5.21. The van der Waals surface area contributed by atoms with Crippen molar-refractivity contribution >= 4 is 27.3 Å². The van der Waals surface area contributed by atoms with Gasteiger partial charge in [0.2, 0.25) is 11.8 Å². The number of ether oxygens (including phenoxy) is 1. The minimum atomic E-state index is -2.99. The molecule has 1 aromatic carbocycles. The van der Waals surface area contributed by atoms with Crippen LogP contribution in [-0.4, -0.2) is 63.4 Å². The zero-order valence-corrected chi connectivity index (χ0v) is 15.0. The Hall–Kier alpha value is -2.09. The summed E-state index contributed by atoms with van der Waals surface area (Å²) in [5.41, 5.74) is 0.748. The Morgan fingerprint density at radius 1 is 1.32 bits per heavy atom. The van der Waals surface area contributed by atoms with E-state index in [1.165, 1.54) is 4.90 Å². The predicted molar refractivity (Wildman–Crippen MR) is 93.3 cm³/mol. The van der Waals surface area contributed by atoms with Crippen LogP contribution in [0.15, 0.2) is 24.3 Å². The van der Waals surface area contributed by atoms with Crippen molar-refractivity contribution in [3.63, 3.8) is 0 Å². The summed E-state index contributed by atoms with van der Waals surface area (Å²) in [6.45, 7) is 0.886. The van der Waals surface area contributed by atoms with Crippen molar-refractivity contribution in [2.75, 3.05) is 43.1 Å². The summed E-state index contributed by atoms with van der Waals surface area (Å²) in [6.07, 6.45) is 0.734. The number of sulfone groups is 1. The molecule has 0 radical (unpaired) electrons. The molecule has 2 saturated heterocycles. The number of rotatable bonds is 4. The molecule has 2 fully saturated rings. The first-order valence-corrected chi connectivity index (χ1v) is 10.1. The van der Waals surface area contributed by atoms with Crippen molar-refractivity contribution in [1.29, 1.82) is 0 Å². The number of carbonyl (C=O) groups is 2. The summed E-state index contributed by atoms with van der Waals surface area (Å²) in [4.78, 5) is 28.0. The Morgan fingerprint density at radius 3 is 2.76 bits per heavy atom. The zero-order chi connectivity index (χ0) is 18.0. The predicted octanol–water partition coefficient (Wildman–Crippen LogP) is 0.695. The molecule has 0 aliphatic carbocycles. The summed E-state index contributed by atoms with van der Waals surface area (Å²) < 4.78 is 28.2. The number of nitrogens with zero attached hydrogens (tertiary/aromatic N) is 2.